The number of amides is 1. The maximum Gasteiger partial charge on any atom is 0.308 e. The molecule has 1 amide bonds. The van der Waals surface area contributed by atoms with E-state index < -0.39 is 38.2 Å². The number of nitrogens with zero attached hydrogens (tertiary/aromatic N) is 1. The molecule has 0 saturated carbocycles. The monoisotopic (exact) mass is 358 g/mol. The van der Waals surface area contributed by atoms with Gasteiger partial charge < -0.3 is 10.4 Å². The van der Waals surface area contributed by atoms with Crippen molar-refractivity contribution in [1.82, 2.24) is 5.32 Å². The Kier molecular flexibility index (Phi) is 6.41. The summed E-state index contributed by atoms with van der Waals surface area (Å²) in [5, 5.41) is 22.3. The Hall–Kier alpha value is -2.49. The standard InChI is InChI=1S/C14H18N2O7S/c1-3-4-9(14(18)19)8-15-13(17)10-5-11(16(20)21)7-12(6-10)24(2,22)23/h5-7,9H,3-4,8H2,1-2H3,(H,15,17)(H,18,19). The number of non-ortho nitro benzene ring substituents is 1. The number of nitro benzene ring substituents is 1. The normalized spacial score (nSPS) is 12.4. The highest BCUT2D eigenvalue weighted by Gasteiger charge is 2.21. The van der Waals surface area contributed by atoms with Gasteiger partial charge in [0.05, 0.1) is 15.7 Å². The molecule has 0 aliphatic rings. The Labute approximate surface area is 138 Å². The number of sulfone groups is 1. The van der Waals surface area contributed by atoms with Gasteiger partial charge in [-0.05, 0) is 12.5 Å². The van der Waals surface area contributed by atoms with Crippen LogP contribution in [0.2, 0.25) is 0 Å². The smallest absolute Gasteiger partial charge is 0.308 e. The number of nitrogens with one attached hydrogen (secondary N) is 1. The number of rotatable bonds is 8. The molecule has 1 rings (SSSR count). The van der Waals surface area contributed by atoms with Crippen molar-refractivity contribution in [2.75, 3.05) is 12.8 Å². The van der Waals surface area contributed by atoms with Gasteiger partial charge in [0.2, 0.25) is 0 Å². The quantitative estimate of drug-likeness (QED) is 0.525. The Balaban J connectivity index is 3.07. The fourth-order valence-corrected chi connectivity index (χ4v) is 2.69. The van der Waals surface area contributed by atoms with E-state index in [1.165, 1.54) is 0 Å². The zero-order chi connectivity index (χ0) is 18.5. The topological polar surface area (TPSA) is 144 Å². The van der Waals surface area contributed by atoms with Gasteiger partial charge in [0.25, 0.3) is 11.6 Å². The van der Waals surface area contributed by atoms with Crippen molar-refractivity contribution in [3.8, 4) is 0 Å². The van der Waals surface area contributed by atoms with Crippen LogP contribution in [0.1, 0.15) is 30.1 Å². The van der Waals surface area contributed by atoms with Gasteiger partial charge in [-0.1, -0.05) is 13.3 Å². The molecule has 1 aromatic carbocycles. The first-order valence-electron chi connectivity index (χ1n) is 7.06. The van der Waals surface area contributed by atoms with Crippen LogP contribution in [0.15, 0.2) is 23.1 Å². The Morgan fingerprint density at radius 1 is 1.33 bits per heavy atom. The molecule has 2 N–H and O–H groups in total. The third kappa shape index (κ3) is 5.30. The van der Waals surface area contributed by atoms with Crippen molar-refractivity contribution in [1.29, 1.82) is 0 Å². The van der Waals surface area contributed by atoms with E-state index >= 15 is 0 Å². The SMILES string of the molecule is CCCC(CNC(=O)c1cc([N+](=O)[O-])cc(S(C)(=O)=O)c1)C(=O)O. The molecule has 0 heterocycles. The average molecular weight is 358 g/mol. The van der Waals surface area contributed by atoms with Gasteiger partial charge in [0.15, 0.2) is 9.84 Å². The lowest BCUT2D eigenvalue weighted by Gasteiger charge is -2.12. The lowest BCUT2D eigenvalue weighted by atomic mass is 10.0. The summed E-state index contributed by atoms with van der Waals surface area (Å²) in [4.78, 5) is 32.9. The molecule has 0 aliphatic carbocycles. The Morgan fingerprint density at radius 3 is 2.42 bits per heavy atom. The number of carbonyl (C=O) groups excluding carboxylic acids is 1. The van der Waals surface area contributed by atoms with Crippen LogP contribution in [0.25, 0.3) is 0 Å². The fraction of sp³-hybridized carbons (Fsp3) is 0.429. The predicted molar refractivity (Wildman–Crippen MR) is 84.6 cm³/mol. The van der Waals surface area contributed by atoms with E-state index in [9.17, 15) is 28.1 Å². The second kappa shape index (κ2) is 7.86. The summed E-state index contributed by atoms with van der Waals surface area (Å²) in [5.74, 6) is -2.62. The van der Waals surface area contributed by atoms with Crippen molar-refractivity contribution in [2.24, 2.45) is 5.92 Å². The van der Waals surface area contributed by atoms with Crippen molar-refractivity contribution < 1.29 is 28.0 Å². The number of carboxylic acids is 1. The molecule has 0 saturated heterocycles. The summed E-state index contributed by atoms with van der Waals surface area (Å²) in [7, 11) is -3.75. The molecule has 0 fully saturated rings. The number of nitro groups is 1. The largest absolute Gasteiger partial charge is 0.481 e. The second-order valence-electron chi connectivity index (χ2n) is 5.28. The van der Waals surface area contributed by atoms with Crippen LogP contribution in [0.4, 0.5) is 5.69 Å². The minimum absolute atomic E-state index is 0.154. The van der Waals surface area contributed by atoms with Crippen LogP contribution in [0, 0.1) is 16.0 Å². The maximum atomic E-state index is 12.1. The molecule has 132 valence electrons. The first-order chi connectivity index (χ1) is 11.1. The third-order valence-electron chi connectivity index (χ3n) is 3.29. The second-order valence-corrected chi connectivity index (χ2v) is 7.29. The van der Waals surface area contributed by atoms with Crippen LogP contribution >= 0.6 is 0 Å². The van der Waals surface area contributed by atoms with Crippen LogP contribution in [0.3, 0.4) is 0 Å². The number of aliphatic carboxylic acids is 1. The first-order valence-corrected chi connectivity index (χ1v) is 8.96. The number of carboxylic acid groups (broad SMARTS) is 1. The molecular formula is C14H18N2O7S. The predicted octanol–water partition coefficient (Wildman–Crippen LogP) is 1.23. The zero-order valence-corrected chi connectivity index (χ0v) is 14.0. The third-order valence-corrected chi connectivity index (χ3v) is 4.38. The van der Waals surface area contributed by atoms with Crippen molar-refractivity contribution >= 4 is 27.4 Å². The highest BCUT2D eigenvalue weighted by Crippen LogP contribution is 2.21. The van der Waals surface area contributed by atoms with Gasteiger partial charge in [-0.15, -0.1) is 0 Å². The summed E-state index contributed by atoms with van der Waals surface area (Å²) >= 11 is 0. The molecule has 1 atom stereocenters. The highest BCUT2D eigenvalue weighted by molar-refractivity contribution is 7.90. The minimum Gasteiger partial charge on any atom is -0.481 e. The van der Waals surface area contributed by atoms with E-state index in [-0.39, 0.29) is 17.0 Å². The van der Waals surface area contributed by atoms with E-state index in [1.54, 1.807) is 6.92 Å². The number of carbonyl (C=O) groups is 2. The first kappa shape index (κ1) is 19.6. The van der Waals surface area contributed by atoms with E-state index in [0.717, 1.165) is 24.5 Å². The molecule has 0 aromatic heterocycles. The van der Waals surface area contributed by atoms with Crippen LogP contribution < -0.4 is 5.32 Å². The Bertz CT molecular complexity index is 758. The lowest BCUT2D eigenvalue weighted by Crippen LogP contribution is -2.33. The summed E-state index contributed by atoms with van der Waals surface area (Å²) in [5.41, 5.74) is -0.753. The summed E-state index contributed by atoms with van der Waals surface area (Å²) in [6, 6.07) is 2.83. The van der Waals surface area contributed by atoms with Gasteiger partial charge in [0, 0.05) is 30.5 Å². The lowest BCUT2D eigenvalue weighted by molar-refractivity contribution is -0.385. The summed E-state index contributed by atoms with van der Waals surface area (Å²) in [6.07, 6.45) is 1.84. The number of hydrogen-bond donors (Lipinski definition) is 2. The molecular weight excluding hydrogens is 340 g/mol. The molecule has 9 nitrogen and oxygen atoms in total. The molecule has 0 spiro atoms. The minimum atomic E-state index is -3.75. The Morgan fingerprint density at radius 2 is 1.96 bits per heavy atom. The van der Waals surface area contributed by atoms with Crippen LogP contribution in [-0.2, 0) is 14.6 Å². The highest BCUT2D eigenvalue weighted by atomic mass is 32.2. The van der Waals surface area contributed by atoms with Gasteiger partial charge in [-0.3, -0.25) is 19.7 Å². The molecule has 1 aromatic rings. The zero-order valence-electron chi connectivity index (χ0n) is 13.2. The summed E-state index contributed by atoms with van der Waals surface area (Å²) in [6.45, 7) is 1.65. The maximum absolute atomic E-state index is 12.1. The van der Waals surface area contributed by atoms with Gasteiger partial charge in [-0.2, -0.15) is 0 Å². The average Bonchev–Trinajstić information content (AvgIpc) is 2.49. The van der Waals surface area contributed by atoms with E-state index in [4.69, 9.17) is 5.11 Å². The fourth-order valence-electron chi connectivity index (χ4n) is 2.01. The molecule has 0 bridgehead atoms. The molecule has 0 aliphatic heterocycles. The molecule has 0 radical (unpaired) electrons. The van der Waals surface area contributed by atoms with E-state index in [0.29, 0.717) is 12.8 Å². The van der Waals surface area contributed by atoms with Gasteiger partial charge in [-0.25, -0.2) is 8.42 Å². The van der Waals surface area contributed by atoms with Crippen LogP contribution in [0.5, 0.6) is 0 Å². The molecule has 1 unspecified atom stereocenters. The van der Waals surface area contributed by atoms with E-state index in [1.807, 2.05) is 0 Å². The van der Waals surface area contributed by atoms with Crippen molar-refractivity contribution in [2.45, 2.75) is 24.7 Å². The molecule has 24 heavy (non-hydrogen) atoms. The van der Waals surface area contributed by atoms with Gasteiger partial charge in [0.1, 0.15) is 0 Å². The van der Waals surface area contributed by atoms with Gasteiger partial charge >= 0.3 is 5.97 Å². The number of hydrogen-bond acceptors (Lipinski definition) is 6. The molecule has 10 heteroatoms. The van der Waals surface area contributed by atoms with Crippen molar-refractivity contribution in [3.05, 3.63) is 33.9 Å². The van der Waals surface area contributed by atoms with Crippen molar-refractivity contribution in [3.63, 3.8) is 0 Å². The number of benzene rings is 1. The summed E-state index contributed by atoms with van der Waals surface area (Å²) < 4.78 is 23.2. The van der Waals surface area contributed by atoms with E-state index in [2.05, 4.69) is 5.32 Å². The van der Waals surface area contributed by atoms with Crippen LogP contribution in [-0.4, -0.2) is 43.1 Å².